The molecule has 1 amide bonds. The number of aryl methyl sites for hydroxylation is 1. The third-order valence-electron chi connectivity index (χ3n) is 6.09. The summed E-state index contributed by atoms with van der Waals surface area (Å²) in [5.74, 6) is -4.65. The lowest BCUT2D eigenvalue weighted by atomic mass is 10.0. The molecule has 41 heavy (non-hydrogen) atoms. The average Bonchev–Trinajstić information content (AvgIpc) is 3.44. The van der Waals surface area contributed by atoms with Crippen LogP contribution in [0.4, 0.5) is 23.7 Å². The number of hydrogen-bond acceptors (Lipinski definition) is 5. The summed E-state index contributed by atoms with van der Waals surface area (Å²) in [6.45, 7) is 14.2. The molecule has 1 aliphatic rings. The first kappa shape index (κ1) is 33.3. The molecule has 1 aromatic carbocycles. The average molecular weight is 577 g/mol. The Kier molecular flexibility index (Phi) is 11.9. The summed E-state index contributed by atoms with van der Waals surface area (Å²) in [4.78, 5) is 27.3. The zero-order valence-corrected chi connectivity index (χ0v) is 24.4. The fraction of sp³-hybridized carbons (Fsp3) is 0.433. The highest BCUT2D eigenvalue weighted by Crippen LogP contribution is 2.32. The maximum absolute atomic E-state index is 13.5. The molecule has 1 aliphatic heterocycles. The summed E-state index contributed by atoms with van der Waals surface area (Å²) < 4.78 is 45.1. The number of amides is 1. The van der Waals surface area contributed by atoms with Gasteiger partial charge in [0.25, 0.3) is 0 Å². The topological polar surface area (TPSA) is 98.8 Å². The van der Waals surface area contributed by atoms with Gasteiger partial charge in [-0.05, 0) is 56.7 Å². The fourth-order valence-electron chi connectivity index (χ4n) is 4.03. The van der Waals surface area contributed by atoms with Crippen LogP contribution in [-0.4, -0.2) is 58.0 Å². The second kappa shape index (κ2) is 14.7. The minimum atomic E-state index is -1.63. The highest BCUT2D eigenvalue weighted by Gasteiger charge is 2.42. The molecule has 0 spiro atoms. The van der Waals surface area contributed by atoms with Gasteiger partial charge in [-0.25, -0.2) is 22.8 Å². The van der Waals surface area contributed by atoms with E-state index < -0.39 is 35.1 Å². The molecule has 1 fully saturated rings. The summed E-state index contributed by atoms with van der Waals surface area (Å²) >= 11 is 0. The smallest absolute Gasteiger partial charge is 0.415 e. The van der Waals surface area contributed by atoms with Crippen molar-refractivity contribution in [1.29, 1.82) is 0 Å². The number of benzene rings is 1. The number of cyclic esters (lactones) is 1. The molecule has 0 radical (unpaired) electrons. The monoisotopic (exact) mass is 576 g/mol. The number of H-pyrrole nitrogens is 1. The Balaban J connectivity index is 0.00000138. The number of nitrogens with one attached hydrogen (secondary N) is 1. The number of ether oxygens (including phenoxy) is 1. The molecule has 2 heterocycles. The van der Waals surface area contributed by atoms with Crippen LogP contribution in [0.3, 0.4) is 0 Å². The van der Waals surface area contributed by atoms with Gasteiger partial charge in [-0.15, -0.1) is 0 Å². The fourth-order valence-corrected chi connectivity index (χ4v) is 4.03. The van der Waals surface area contributed by atoms with Crippen molar-refractivity contribution in [3.8, 4) is 0 Å². The maximum atomic E-state index is 13.5. The number of carboxylic acid groups (broad SMARTS) is 1. The number of hydrogen-bond donors (Lipinski definition) is 2. The molecule has 1 saturated heterocycles. The summed E-state index contributed by atoms with van der Waals surface area (Å²) in [6, 6.07) is 4.58. The van der Waals surface area contributed by atoms with Crippen LogP contribution in [0, 0.1) is 12.8 Å². The Labute approximate surface area is 239 Å². The lowest BCUT2D eigenvalue weighted by molar-refractivity contribution is 0.0567. The first-order valence-corrected chi connectivity index (χ1v) is 13.2. The van der Waals surface area contributed by atoms with Crippen molar-refractivity contribution in [2.75, 3.05) is 25.0 Å². The van der Waals surface area contributed by atoms with Crippen LogP contribution >= 0.6 is 0 Å². The number of aromatic nitrogens is 2. The van der Waals surface area contributed by atoms with Crippen molar-refractivity contribution in [1.82, 2.24) is 15.1 Å². The van der Waals surface area contributed by atoms with Crippen LogP contribution < -0.4 is 4.90 Å². The van der Waals surface area contributed by atoms with Crippen LogP contribution in [0.1, 0.15) is 61.3 Å². The van der Waals surface area contributed by atoms with Crippen molar-refractivity contribution in [3.63, 3.8) is 0 Å². The molecule has 0 bridgehead atoms. The van der Waals surface area contributed by atoms with E-state index in [0.29, 0.717) is 43.0 Å². The number of allylic oxidation sites excluding steroid dienone is 5. The van der Waals surface area contributed by atoms with Gasteiger partial charge in [-0.2, -0.15) is 5.10 Å². The molecule has 3 rings (SSSR count). The molecule has 1 aromatic heterocycles. The quantitative estimate of drug-likeness (QED) is 0.278. The summed E-state index contributed by atoms with van der Waals surface area (Å²) in [5, 5.41) is 16.0. The SMILES string of the molecule is C=C(F)/C(F)=C(F)\C=C/Cc1[nH]ncc1CN(C)CCC1(C)CN(c2ccc(C(=O)O)cc2C)C(=O)O1.CC(C)C. The summed E-state index contributed by atoms with van der Waals surface area (Å²) in [5.41, 5.74) is 2.19. The molecule has 0 saturated carbocycles. The zero-order chi connectivity index (χ0) is 30.9. The number of nitrogens with zero attached hydrogens (tertiary/aromatic N) is 3. The van der Waals surface area contributed by atoms with E-state index in [1.165, 1.54) is 23.1 Å². The Hall–Kier alpha value is -3.86. The number of rotatable bonds is 11. The molecule has 1 unspecified atom stereocenters. The van der Waals surface area contributed by atoms with E-state index in [1.54, 1.807) is 19.2 Å². The van der Waals surface area contributed by atoms with Crippen LogP contribution in [0.15, 0.2) is 60.6 Å². The second-order valence-electron chi connectivity index (χ2n) is 11.0. The minimum absolute atomic E-state index is 0.145. The van der Waals surface area contributed by atoms with Crippen molar-refractivity contribution in [2.45, 2.75) is 59.6 Å². The van der Waals surface area contributed by atoms with Crippen molar-refractivity contribution in [3.05, 3.63) is 83.0 Å². The number of carbonyl (C=O) groups is 2. The van der Waals surface area contributed by atoms with Crippen molar-refractivity contribution >= 4 is 17.7 Å². The van der Waals surface area contributed by atoms with Gasteiger partial charge in [0.15, 0.2) is 17.5 Å². The number of carboxylic acids is 1. The molecule has 1 atom stereocenters. The van der Waals surface area contributed by atoms with Crippen molar-refractivity contribution in [2.24, 2.45) is 5.92 Å². The number of aromatic amines is 1. The Morgan fingerprint density at radius 3 is 2.56 bits per heavy atom. The van der Waals surface area contributed by atoms with Gasteiger partial charge in [0.2, 0.25) is 0 Å². The van der Waals surface area contributed by atoms with Gasteiger partial charge < -0.3 is 14.7 Å². The second-order valence-corrected chi connectivity index (χ2v) is 11.0. The van der Waals surface area contributed by atoms with Gasteiger partial charge >= 0.3 is 12.1 Å². The Morgan fingerprint density at radius 1 is 1.32 bits per heavy atom. The molecule has 11 heteroatoms. The first-order chi connectivity index (χ1) is 19.1. The maximum Gasteiger partial charge on any atom is 0.415 e. The Morgan fingerprint density at radius 2 is 1.98 bits per heavy atom. The van der Waals surface area contributed by atoms with Gasteiger partial charge in [-0.3, -0.25) is 10.00 Å². The first-order valence-electron chi connectivity index (χ1n) is 13.2. The van der Waals surface area contributed by atoms with Gasteiger partial charge in [-0.1, -0.05) is 33.4 Å². The number of halogens is 3. The lowest BCUT2D eigenvalue weighted by Gasteiger charge is -2.25. The molecular formula is C30H39F3N4O4. The molecule has 0 aliphatic carbocycles. The number of aromatic carboxylic acids is 1. The van der Waals surface area contributed by atoms with Gasteiger partial charge in [0, 0.05) is 37.2 Å². The molecule has 2 aromatic rings. The van der Waals surface area contributed by atoms with Crippen LogP contribution in [0.2, 0.25) is 0 Å². The third kappa shape index (κ3) is 9.93. The van der Waals surface area contributed by atoms with E-state index in [-0.39, 0.29) is 12.0 Å². The van der Waals surface area contributed by atoms with Gasteiger partial charge in [0.05, 0.1) is 24.0 Å². The summed E-state index contributed by atoms with van der Waals surface area (Å²) in [6.07, 6.45) is 4.10. The standard InChI is InChI=1S/C26H29F3N4O4.C4H10/c1-16-12-18(24(34)35)8-9-22(16)33-15-26(3,37-25(33)36)10-11-32(4)14-19-13-30-31-21(19)7-5-6-20(28)23(29)17(2)27;1-4(2)3/h5-6,8-9,12-13H,2,7,10-11,14-15H2,1,3-4H3,(H,30,31)(H,34,35);4H,1-3H3/b6-5-,23-20-;. The number of carbonyl (C=O) groups excluding carboxylic acids is 1. The predicted octanol–water partition coefficient (Wildman–Crippen LogP) is 7.05. The lowest BCUT2D eigenvalue weighted by Crippen LogP contribution is -2.35. The molecule has 2 N–H and O–H groups in total. The normalized spacial score (nSPS) is 17.5. The molecule has 224 valence electrons. The van der Waals surface area contributed by atoms with Crippen LogP contribution in [0.25, 0.3) is 0 Å². The van der Waals surface area contributed by atoms with Crippen LogP contribution in [0.5, 0.6) is 0 Å². The van der Waals surface area contributed by atoms with E-state index in [2.05, 4.69) is 37.5 Å². The predicted molar refractivity (Wildman–Crippen MR) is 153 cm³/mol. The number of anilines is 1. The third-order valence-corrected chi connectivity index (χ3v) is 6.09. The van der Waals surface area contributed by atoms with Crippen LogP contribution in [-0.2, 0) is 17.7 Å². The van der Waals surface area contributed by atoms with Crippen molar-refractivity contribution < 1.29 is 32.6 Å². The van der Waals surface area contributed by atoms with Gasteiger partial charge in [0.1, 0.15) is 5.60 Å². The molecular weight excluding hydrogens is 537 g/mol. The van der Waals surface area contributed by atoms with E-state index in [0.717, 1.165) is 17.6 Å². The minimum Gasteiger partial charge on any atom is -0.478 e. The van der Waals surface area contributed by atoms with E-state index in [9.17, 15) is 22.8 Å². The summed E-state index contributed by atoms with van der Waals surface area (Å²) in [7, 11) is 1.89. The molecule has 8 nitrogen and oxygen atoms in total. The van der Waals surface area contributed by atoms with E-state index in [4.69, 9.17) is 9.84 Å². The zero-order valence-electron chi connectivity index (χ0n) is 24.4. The Bertz CT molecular complexity index is 1300. The van der Waals surface area contributed by atoms with E-state index in [1.807, 2.05) is 18.9 Å². The largest absolute Gasteiger partial charge is 0.478 e. The highest BCUT2D eigenvalue weighted by atomic mass is 19.2. The highest BCUT2D eigenvalue weighted by molar-refractivity contribution is 5.93. The van der Waals surface area contributed by atoms with E-state index >= 15 is 0 Å².